The van der Waals surface area contributed by atoms with E-state index in [4.69, 9.17) is 0 Å². The molecule has 1 unspecified atom stereocenters. The van der Waals surface area contributed by atoms with Gasteiger partial charge in [0, 0.05) is 32.2 Å². The van der Waals surface area contributed by atoms with Gasteiger partial charge in [-0.2, -0.15) is 0 Å². The van der Waals surface area contributed by atoms with Crippen LogP contribution in [0, 0.1) is 5.41 Å². The summed E-state index contributed by atoms with van der Waals surface area (Å²) in [7, 11) is 0. The Morgan fingerprint density at radius 1 is 1.16 bits per heavy atom. The molecule has 1 atom stereocenters. The third kappa shape index (κ3) is 3.71. The minimum Gasteiger partial charge on any atom is -0.389 e. The maximum absolute atomic E-state index is 10.1. The number of likely N-dealkylation sites (tertiary alicyclic amines) is 1. The van der Waals surface area contributed by atoms with E-state index in [-0.39, 0.29) is 0 Å². The van der Waals surface area contributed by atoms with Gasteiger partial charge in [-0.25, -0.2) is 0 Å². The van der Waals surface area contributed by atoms with Crippen LogP contribution in [-0.4, -0.2) is 47.8 Å². The van der Waals surface area contributed by atoms with Gasteiger partial charge in [-0.3, -0.25) is 4.90 Å². The summed E-state index contributed by atoms with van der Waals surface area (Å²) in [5.74, 6) is 0. The quantitative estimate of drug-likeness (QED) is 0.800. The Labute approximate surface area is 117 Å². The molecule has 1 aliphatic heterocycles. The molecule has 0 aromatic carbocycles. The van der Waals surface area contributed by atoms with E-state index in [2.05, 4.69) is 10.2 Å². The van der Waals surface area contributed by atoms with Crippen molar-refractivity contribution in [2.75, 3.05) is 26.2 Å². The highest BCUT2D eigenvalue weighted by atomic mass is 16.3. The number of rotatable bonds is 5. The molecule has 3 rings (SSSR count). The van der Waals surface area contributed by atoms with E-state index >= 15 is 0 Å². The summed E-state index contributed by atoms with van der Waals surface area (Å²) in [6.45, 7) is 6.35. The van der Waals surface area contributed by atoms with E-state index in [1.54, 1.807) is 0 Å². The second kappa shape index (κ2) is 5.34. The Morgan fingerprint density at radius 3 is 2.47 bits per heavy atom. The van der Waals surface area contributed by atoms with Crippen molar-refractivity contribution in [2.45, 2.75) is 69.9 Å². The highest BCUT2D eigenvalue weighted by molar-refractivity contribution is 4.94. The Bertz CT molecular complexity index is 306. The first kappa shape index (κ1) is 13.8. The van der Waals surface area contributed by atoms with Crippen LogP contribution in [0.1, 0.15) is 58.3 Å². The molecule has 2 N–H and O–H groups in total. The number of hydrogen-bond donors (Lipinski definition) is 2. The third-order valence-electron chi connectivity index (χ3n) is 5.35. The molecule has 2 aliphatic carbocycles. The number of nitrogens with one attached hydrogen (secondary N) is 1. The molecule has 0 amide bonds. The standard InChI is InChI=1S/C16H30N2O/c1-15(19)9-10-18(12-15)13-16(7-3-2-4-8-16)11-17-14-5-6-14/h14,17,19H,2-13H2,1H3. The number of hydrogen-bond acceptors (Lipinski definition) is 3. The lowest BCUT2D eigenvalue weighted by Gasteiger charge is -2.40. The van der Waals surface area contributed by atoms with Crippen LogP contribution in [0.3, 0.4) is 0 Å². The fourth-order valence-electron chi connectivity index (χ4n) is 3.99. The van der Waals surface area contributed by atoms with Gasteiger partial charge in [0.15, 0.2) is 0 Å². The van der Waals surface area contributed by atoms with Crippen molar-refractivity contribution in [2.24, 2.45) is 5.41 Å². The second-order valence-electron chi connectivity index (χ2n) is 7.67. The van der Waals surface area contributed by atoms with Crippen LogP contribution in [0.25, 0.3) is 0 Å². The monoisotopic (exact) mass is 266 g/mol. The lowest BCUT2D eigenvalue weighted by Crippen LogP contribution is -2.46. The van der Waals surface area contributed by atoms with Gasteiger partial charge < -0.3 is 10.4 Å². The van der Waals surface area contributed by atoms with Gasteiger partial charge in [-0.1, -0.05) is 19.3 Å². The zero-order valence-electron chi connectivity index (χ0n) is 12.5. The van der Waals surface area contributed by atoms with Crippen molar-refractivity contribution in [3.05, 3.63) is 0 Å². The molecule has 0 aromatic heterocycles. The molecule has 3 nitrogen and oxygen atoms in total. The molecule has 1 saturated heterocycles. The fraction of sp³-hybridized carbons (Fsp3) is 1.00. The van der Waals surface area contributed by atoms with Gasteiger partial charge in [-0.15, -0.1) is 0 Å². The molecule has 3 aliphatic rings. The van der Waals surface area contributed by atoms with E-state index in [1.165, 1.54) is 58.0 Å². The Hall–Kier alpha value is -0.120. The normalized spacial score (nSPS) is 35.7. The lowest BCUT2D eigenvalue weighted by atomic mass is 9.73. The predicted octanol–water partition coefficient (Wildman–Crippen LogP) is 2.15. The maximum Gasteiger partial charge on any atom is 0.0758 e. The van der Waals surface area contributed by atoms with Crippen LogP contribution in [0.5, 0.6) is 0 Å². The molecule has 0 bridgehead atoms. The van der Waals surface area contributed by atoms with Crippen molar-refractivity contribution < 1.29 is 5.11 Å². The second-order valence-corrected chi connectivity index (χ2v) is 7.67. The highest BCUT2D eigenvalue weighted by Crippen LogP contribution is 2.38. The van der Waals surface area contributed by atoms with Crippen molar-refractivity contribution in [1.82, 2.24) is 10.2 Å². The number of β-amino-alcohol motifs (C(OH)–C–C–N with tert-alkyl or cyclic N) is 1. The lowest BCUT2D eigenvalue weighted by molar-refractivity contribution is 0.0539. The van der Waals surface area contributed by atoms with Crippen LogP contribution in [0.15, 0.2) is 0 Å². The SMILES string of the molecule is CC1(O)CCN(CC2(CNC3CC3)CCCCC2)C1. The summed E-state index contributed by atoms with van der Waals surface area (Å²) in [5.41, 5.74) is 0.0427. The summed E-state index contributed by atoms with van der Waals surface area (Å²) in [4.78, 5) is 2.51. The van der Waals surface area contributed by atoms with Crippen LogP contribution in [0.4, 0.5) is 0 Å². The van der Waals surface area contributed by atoms with E-state index in [9.17, 15) is 5.11 Å². The first-order valence-electron chi connectivity index (χ1n) is 8.25. The average Bonchev–Trinajstić information content (AvgIpc) is 3.14. The van der Waals surface area contributed by atoms with Crippen LogP contribution >= 0.6 is 0 Å². The topological polar surface area (TPSA) is 35.5 Å². The van der Waals surface area contributed by atoms with Gasteiger partial charge in [0.1, 0.15) is 0 Å². The largest absolute Gasteiger partial charge is 0.389 e. The van der Waals surface area contributed by atoms with Gasteiger partial charge in [0.2, 0.25) is 0 Å². The molecule has 1 heterocycles. The molecule has 110 valence electrons. The summed E-state index contributed by atoms with van der Waals surface area (Å²) in [6.07, 6.45) is 10.7. The molecule has 2 saturated carbocycles. The van der Waals surface area contributed by atoms with Crippen molar-refractivity contribution in [3.8, 4) is 0 Å². The Balaban J connectivity index is 1.58. The van der Waals surface area contributed by atoms with Gasteiger partial charge in [-0.05, 0) is 44.4 Å². The molecule has 0 aromatic rings. The molecule has 3 heteroatoms. The first-order chi connectivity index (χ1) is 9.07. The Kier molecular flexibility index (Phi) is 3.89. The van der Waals surface area contributed by atoms with E-state index in [1.807, 2.05) is 6.92 Å². The molecular weight excluding hydrogens is 236 g/mol. The smallest absolute Gasteiger partial charge is 0.0758 e. The first-order valence-corrected chi connectivity index (χ1v) is 8.25. The van der Waals surface area contributed by atoms with Crippen LogP contribution in [-0.2, 0) is 0 Å². The predicted molar refractivity (Wildman–Crippen MR) is 78.2 cm³/mol. The van der Waals surface area contributed by atoms with Crippen molar-refractivity contribution in [3.63, 3.8) is 0 Å². The van der Waals surface area contributed by atoms with Gasteiger partial charge >= 0.3 is 0 Å². The maximum atomic E-state index is 10.1. The average molecular weight is 266 g/mol. The van der Waals surface area contributed by atoms with E-state index < -0.39 is 5.60 Å². The minimum atomic E-state index is -0.445. The summed E-state index contributed by atoms with van der Waals surface area (Å²) >= 11 is 0. The summed E-state index contributed by atoms with van der Waals surface area (Å²) < 4.78 is 0. The Morgan fingerprint density at radius 2 is 1.89 bits per heavy atom. The highest BCUT2D eigenvalue weighted by Gasteiger charge is 2.39. The van der Waals surface area contributed by atoms with Crippen molar-refractivity contribution >= 4 is 0 Å². The van der Waals surface area contributed by atoms with Crippen molar-refractivity contribution in [1.29, 1.82) is 0 Å². The third-order valence-corrected chi connectivity index (χ3v) is 5.35. The number of aliphatic hydroxyl groups is 1. The fourth-order valence-corrected chi connectivity index (χ4v) is 3.99. The zero-order valence-corrected chi connectivity index (χ0v) is 12.5. The van der Waals surface area contributed by atoms with E-state index in [0.717, 1.165) is 25.6 Å². The molecule has 0 radical (unpaired) electrons. The van der Waals surface area contributed by atoms with Crippen LogP contribution < -0.4 is 5.32 Å². The summed E-state index contributed by atoms with van der Waals surface area (Å²) in [5, 5.41) is 13.9. The summed E-state index contributed by atoms with van der Waals surface area (Å²) in [6, 6.07) is 0.820. The van der Waals surface area contributed by atoms with Gasteiger partial charge in [0.25, 0.3) is 0 Å². The molecule has 19 heavy (non-hydrogen) atoms. The minimum absolute atomic E-state index is 0.445. The van der Waals surface area contributed by atoms with Gasteiger partial charge in [0.05, 0.1) is 5.60 Å². The zero-order chi connectivity index (χ0) is 13.3. The molecule has 3 fully saturated rings. The van der Waals surface area contributed by atoms with Crippen LogP contribution in [0.2, 0.25) is 0 Å². The number of nitrogens with zero attached hydrogens (tertiary/aromatic N) is 1. The molecular formula is C16H30N2O. The van der Waals surface area contributed by atoms with E-state index in [0.29, 0.717) is 5.41 Å². The molecule has 0 spiro atoms.